The van der Waals surface area contributed by atoms with Crippen molar-refractivity contribution >= 4 is 23.2 Å². The number of hydrogen-bond acceptors (Lipinski definition) is 4. The molecule has 82 valence electrons. The van der Waals surface area contributed by atoms with E-state index in [4.69, 9.17) is 0 Å². The van der Waals surface area contributed by atoms with Gasteiger partial charge in [0.2, 0.25) is 5.78 Å². The summed E-state index contributed by atoms with van der Waals surface area (Å²) in [5.41, 5.74) is 1.84. The van der Waals surface area contributed by atoms with Crippen molar-refractivity contribution in [1.29, 1.82) is 0 Å². The van der Waals surface area contributed by atoms with E-state index in [0.717, 1.165) is 11.4 Å². The normalized spacial score (nSPS) is 11.1. The van der Waals surface area contributed by atoms with E-state index in [1.165, 1.54) is 17.4 Å². The highest BCUT2D eigenvalue weighted by Crippen LogP contribution is 2.09. The zero-order valence-corrected chi connectivity index (χ0v) is 9.86. The number of nitrogens with zero attached hydrogens (tertiary/aromatic N) is 3. The van der Waals surface area contributed by atoms with E-state index in [1.807, 2.05) is 18.5 Å². The van der Waals surface area contributed by atoms with Crippen LogP contribution in [0.3, 0.4) is 0 Å². The molecule has 0 aliphatic heterocycles. The Morgan fingerprint density at radius 3 is 2.88 bits per heavy atom. The van der Waals surface area contributed by atoms with Crippen LogP contribution in [0, 0.1) is 6.92 Å². The first kappa shape index (κ1) is 10.8. The number of aryl methyl sites for hydroxylation is 1. The molecule has 0 bridgehead atoms. The van der Waals surface area contributed by atoms with Crippen molar-refractivity contribution in [2.45, 2.75) is 6.92 Å². The highest BCUT2D eigenvalue weighted by molar-refractivity contribution is 7.11. The van der Waals surface area contributed by atoms with Crippen LogP contribution in [-0.2, 0) is 7.05 Å². The lowest BCUT2D eigenvalue weighted by Gasteiger charge is -1.93. The minimum atomic E-state index is -0.0833. The van der Waals surface area contributed by atoms with Crippen molar-refractivity contribution in [1.82, 2.24) is 14.5 Å². The Kier molecular flexibility index (Phi) is 2.96. The van der Waals surface area contributed by atoms with Crippen molar-refractivity contribution < 1.29 is 4.79 Å². The van der Waals surface area contributed by atoms with E-state index in [2.05, 4.69) is 9.97 Å². The zero-order chi connectivity index (χ0) is 11.5. The molecule has 0 fully saturated rings. The van der Waals surface area contributed by atoms with Crippen LogP contribution >= 0.6 is 11.3 Å². The van der Waals surface area contributed by atoms with Crippen LogP contribution in [0.1, 0.15) is 21.2 Å². The number of ketones is 1. The summed E-state index contributed by atoms with van der Waals surface area (Å²) in [5, 5.41) is 2.29. The van der Waals surface area contributed by atoms with E-state index >= 15 is 0 Å². The van der Waals surface area contributed by atoms with Crippen molar-refractivity contribution in [3.8, 4) is 0 Å². The molecule has 0 atom stereocenters. The molecule has 5 heteroatoms. The second-order valence-corrected chi connectivity index (χ2v) is 4.26. The van der Waals surface area contributed by atoms with Gasteiger partial charge in [0, 0.05) is 24.3 Å². The van der Waals surface area contributed by atoms with Crippen LogP contribution < -0.4 is 0 Å². The van der Waals surface area contributed by atoms with E-state index in [-0.39, 0.29) is 5.78 Å². The molecule has 4 nitrogen and oxygen atoms in total. The predicted octanol–water partition coefficient (Wildman–Crippen LogP) is 2.08. The Morgan fingerprint density at radius 2 is 2.31 bits per heavy atom. The fraction of sp³-hybridized carbons (Fsp3) is 0.182. The number of carbonyl (C=O) groups is 1. The molecule has 2 rings (SSSR count). The predicted molar refractivity (Wildman–Crippen MR) is 63.4 cm³/mol. The maximum absolute atomic E-state index is 11.6. The topological polar surface area (TPSA) is 47.8 Å². The maximum Gasteiger partial charge on any atom is 0.214 e. The molecular weight excluding hydrogens is 222 g/mol. The molecule has 0 N–H and O–H groups in total. The Morgan fingerprint density at radius 1 is 1.50 bits per heavy atom. The van der Waals surface area contributed by atoms with Gasteiger partial charge in [0.15, 0.2) is 5.01 Å². The molecule has 0 saturated carbocycles. The van der Waals surface area contributed by atoms with E-state index < -0.39 is 0 Å². The number of hydrogen-bond donors (Lipinski definition) is 0. The lowest BCUT2D eigenvalue weighted by molar-refractivity contribution is 0.104. The number of thiazole rings is 1. The average Bonchev–Trinajstić information content (AvgIpc) is 2.89. The van der Waals surface area contributed by atoms with Crippen LogP contribution in [0.2, 0.25) is 0 Å². The standard InChI is InChI=1S/C11H11N3OS/c1-8-9(13-7-14(8)2)3-4-10(15)11-12-5-6-16-11/h3-7H,1-2H3. The lowest BCUT2D eigenvalue weighted by atomic mass is 10.3. The fourth-order valence-corrected chi connectivity index (χ4v) is 1.80. The quantitative estimate of drug-likeness (QED) is 0.602. The van der Waals surface area contributed by atoms with E-state index in [0.29, 0.717) is 5.01 Å². The number of allylic oxidation sites excluding steroid dienone is 1. The Balaban J connectivity index is 2.16. The van der Waals surface area contributed by atoms with Gasteiger partial charge >= 0.3 is 0 Å². The van der Waals surface area contributed by atoms with E-state index in [1.54, 1.807) is 24.0 Å². The first-order valence-electron chi connectivity index (χ1n) is 4.78. The highest BCUT2D eigenvalue weighted by Gasteiger charge is 2.05. The molecule has 0 aliphatic rings. The Bertz CT molecular complexity index is 525. The van der Waals surface area contributed by atoms with Crippen LogP contribution in [-0.4, -0.2) is 20.3 Å². The zero-order valence-electron chi connectivity index (χ0n) is 9.04. The molecule has 0 saturated heterocycles. The van der Waals surface area contributed by atoms with Crippen molar-refractivity contribution in [3.05, 3.63) is 40.4 Å². The van der Waals surface area contributed by atoms with E-state index in [9.17, 15) is 4.79 Å². The number of rotatable bonds is 3. The molecule has 0 spiro atoms. The van der Waals surface area contributed by atoms with Gasteiger partial charge in [0.25, 0.3) is 0 Å². The van der Waals surface area contributed by atoms with Crippen LogP contribution in [0.4, 0.5) is 0 Å². The SMILES string of the molecule is Cc1c(C=CC(=O)c2nccs2)ncn1C. The van der Waals surface area contributed by atoms with Gasteiger partial charge in [-0.05, 0) is 19.1 Å². The first-order valence-corrected chi connectivity index (χ1v) is 5.66. The third-order valence-electron chi connectivity index (χ3n) is 2.31. The molecule has 16 heavy (non-hydrogen) atoms. The van der Waals surface area contributed by atoms with Gasteiger partial charge in [-0.15, -0.1) is 11.3 Å². The number of imidazole rings is 1. The summed E-state index contributed by atoms with van der Waals surface area (Å²) in [5.74, 6) is -0.0833. The van der Waals surface area contributed by atoms with Crippen LogP contribution in [0.25, 0.3) is 6.08 Å². The lowest BCUT2D eigenvalue weighted by Crippen LogP contribution is -1.93. The second-order valence-electron chi connectivity index (χ2n) is 3.36. The molecule has 2 aromatic rings. The minimum absolute atomic E-state index is 0.0833. The molecule has 0 aliphatic carbocycles. The fourth-order valence-electron chi connectivity index (χ4n) is 1.24. The number of carbonyl (C=O) groups excluding carboxylic acids is 1. The molecule has 2 aromatic heterocycles. The summed E-state index contributed by atoms with van der Waals surface area (Å²) < 4.78 is 1.91. The minimum Gasteiger partial charge on any atom is -0.337 e. The van der Waals surface area contributed by atoms with Crippen LogP contribution in [0.15, 0.2) is 24.0 Å². The Hall–Kier alpha value is -1.75. The Labute approximate surface area is 97.3 Å². The summed E-state index contributed by atoms with van der Waals surface area (Å²) in [6.45, 7) is 1.96. The molecule has 0 amide bonds. The summed E-state index contributed by atoms with van der Waals surface area (Å²) in [6, 6.07) is 0. The third-order valence-corrected chi connectivity index (χ3v) is 3.09. The van der Waals surface area contributed by atoms with Gasteiger partial charge in [-0.25, -0.2) is 9.97 Å². The van der Waals surface area contributed by atoms with Gasteiger partial charge in [0.1, 0.15) is 0 Å². The molecule has 0 unspecified atom stereocenters. The van der Waals surface area contributed by atoms with Crippen LogP contribution in [0.5, 0.6) is 0 Å². The van der Waals surface area contributed by atoms with Crippen molar-refractivity contribution in [2.75, 3.05) is 0 Å². The van der Waals surface area contributed by atoms with Gasteiger partial charge in [-0.3, -0.25) is 4.79 Å². The number of aromatic nitrogens is 3. The highest BCUT2D eigenvalue weighted by atomic mass is 32.1. The van der Waals surface area contributed by atoms with Crippen molar-refractivity contribution in [2.24, 2.45) is 7.05 Å². The summed E-state index contributed by atoms with van der Waals surface area (Å²) in [6.07, 6.45) is 6.58. The maximum atomic E-state index is 11.6. The van der Waals surface area contributed by atoms with Gasteiger partial charge in [0.05, 0.1) is 12.0 Å². The summed E-state index contributed by atoms with van der Waals surface area (Å²) >= 11 is 1.34. The molecule has 0 radical (unpaired) electrons. The smallest absolute Gasteiger partial charge is 0.214 e. The molecule has 2 heterocycles. The summed E-state index contributed by atoms with van der Waals surface area (Å²) in [4.78, 5) is 19.7. The second kappa shape index (κ2) is 4.40. The molecule has 0 aromatic carbocycles. The monoisotopic (exact) mass is 233 g/mol. The van der Waals surface area contributed by atoms with Crippen molar-refractivity contribution in [3.63, 3.8) is 0 Å². The third kappa shape index (κ3) is 2.09. The summed E-state index contributed by atoms with van der Waals surface area (Å²) in [7, 11) is 1.92. The largest absolute Gasteiger partial charge is 0.337 e. The average molecular weight is 233 g/mol. The first-order chi connectivity index (χ1) is 7.68. The van der Waals surface area contributed by atoms with Gasteiger partial charge < -0.3 is 4.57 Å². The van der Waals surface area contributed by atoms with Gasteiger partial charge in [-0.1, -0.05) is 0 Å². The van der Waals surface area contributed by atoms with Gasteiger partial charge in [-0.2, -0.15) is 0 Å². The molecular formula is C11H11N3OS.